The minimum atomic E-state index is -0.244. The van der Waals surface area contributed by atoms with Crippen molar-refractivity contribution in [1.82, 2.24) is 15.1 Å². The van der Waals surface area contributed by atoms with E-state index >= 15 is 0 Å². The number of rotatable bonds is 4. The zero-order chi connectivity index (χ0) is 17.8. The van der Waals surface area contributed by atoms with Crippen LogP contribution in [0.4, 0.5) is 0 Å². The van der Waals surface area contributed by atoms with Crippen molar-refractivity contribution in [3.05, 3.63) is 40.5 Å². The molecule has 1 amide bonds. The summed E-state index contributed by atoms with van der Waals surface area (Å²) in [5.41, 5.74) is 2.08. The number of likely N-dealkylation sites (tertiary alicyclic amines) is 1. The number of aromatic amines is 1. The highest BCUT2D eigenvalue weighted by Crippen LogP contribution is 2.23. The maximum absolute atomic E-state index is 12.7. The lowest BCUT2D eigenvalue weighted by Gasteiger charge is -2.31. The van der Waals surface area contributed by atoms with Crippen LogP contribution in [0.3, 0.4) is 0 Å². The number of amides is 1. The van der Waals surface area contributed by atoms with Gasteiger partial charge < -0.3 is 9.64 Å². The molecule has 1 saturated heterocycles. The number of esters is 1. The van der Waals surface area contributed by atoms with Gasteiger partial charge in [0.1, 0.15) is 5.69 Å². The molecular formula is C18H20BrN3O3. The number of carbonyl (C=O) groups is 2. The Bertz CT molecular complexity index is 757. The lowest BCUT2D eigenvalue weighted by molar-refractivity contribution is -0.149. The number of hydrogen-bond donors (Lipinski definition) is 1. The zero-order valence-corrected chi connectivity index (χ0v) is 15.6. The number of carbonyl (C=O) groups excluding carboxylic acids is 2. The lowest BCUT2D eigenvalue weighted by Crippen LogP contribution is -2.43. The molecule has 2 aromatic rings. The van der Waals surface area contributed by atoms with E-state index in [9.17, 15) is 9.59 Å². The van der Waals surface area contributed by atoms with E-state index < -0.39 is 0 Å². The molecule has 0 aliphatic carbocycles. The Hall–Kier alpha value is -2.15. The summed E-state index contributed by atoms with van der Waals surface area (Å²) in [5, 5.41) is 7.05. The van der Waals surface area contributed by atoms with Gasteiger partial charge in [0, 0.05) is 23.1 Å². The summed E-state index contributed by atoms with van der Waals surface area (Å²) >= 11 is 3.40. The third-order valence-electron chi connectivity index (χ3n) is 4.28. The van der Waals surface area contributed by atoms with E-state index in [4.69, 9.17) is 4.74 Å². The van der Waals surface area contributed by atoms with Gasteiger partial charge in [-0.25, -0.2) is 0 Å². The highest BCUT2D eigenvalue weighted by molar-refractivity contribution is 9.10. The smallest absolute Gasteiger partial charge is 0.310 e. The van der Waals surface area contributed by atoms with Gasteiger partial charge in [-0.05, 0) is 38.0 Å². The van der Waals surface area contributed by atoms with Crippen LogP contribution in [0.1, 0.15) is 30.3 Å². The van der Waals surface area contributed by atoms with Crippen molar-refractivity contribution in [1.29, 1.82) is 0 Å². The summed E-state index contributed by atoms with van der Waals surface area (Å²) in [5.74, 6) is -0.600. The van der Waals surface area contributed by atoms with Crippen LogP contribution < -0.4 is 0 Å². The standard InChI is InChI=1S/C18H20BrN3O3/c1-2-25-18(24)13-4-3-9-22(11-13)17(23)16-10-15(20-21-16)12-5-7-14(19)8-6-12/h5-8,10,13H,2-4,9,11H2,1H3,(H,20,21)/t13-/m0/s1. The normalized spacial score (nSPS) is 17.4. The first-order valence-electron chi connectivity index (χ1n) is 8.35. The Morgan fingerprint density at radius 3 is 2.84 bits per heavy atom. The Morgan fingerprint density at radius 2 is 2.12 bits per heavy atom. The molecule has 1 aliphatic rings. The van der Waals surface area contributed by atoms with Crippen LogP contribution >= 0.6 is 15.9 Å². The van der Waals surface area contributed by atoms with Crippen LogP contribution in [0.25, 0.3) is 11.3 Å². The van der Waals surface area contributed by atoms with Crippen molar-refractivity contribution in [3.63, 3.8) is 0 Å². The molecule has 7 heteroatoms. The maximum Gasteiger partial charge on any atom is 0.310 e. The molecule has 1 N–H and O–H groups in total. The molecule has 25 heavy (non-hydrogen) atoms. The third-order valence-corrected chi connectivity index (χ3v) is 4.81. The Morgan fingerprint density at radius 1 is 1.36 bits per heavy atom. The first-order valence-corrected chi connectivity index (χ1v) is 9.15. The van der Waals surface area contributed by atoms with E-state index in [-0.39, 0.29) is 17.8 Å². The van der Waals surface area contributed by atoms with Gasteiger partial charge in [0.2, 0.25) is 0 Å². The number of piperidine rings is 1. The summed E-state index contributed by atoms with van der Waals surface area (Å²) < 4.78 is 6.07. The van der Waals surface area contributed by atoms with E-state index in [2.05, 4.69) is 26.1 Å². The van der Waals surface area contributed by atoms with Crippen molar-refractivity contribution in [2.24, 2.45) is 5.92 Å². The van der Waals surface area contributed by atoms with Gasteiger partial charge in [0.25, 0.3) is 5.91 Å². The predicted molar refractivity (Wildman–Crippen MR) is 97.0 cm³/mol. The predicted octanol–water partition coefficient (Wildman–Crippen LogP) is 3.25. The van der Waals surface area contributed by atoms with E-state index in [0.29, 0.717) is 25.4 Å². The van der Waals surface area contributed by atoms with Gasteiger partial charge in [0.15, 0.2) is 0 Å². The molecule has 132 valence electrons. The maximum atomic E-state index is 12.7. The lowest BCUT2D eigenvalue weighted by atomic mass is 9.98. The van der Waals surface area contributed by atoms with Gasteiger partial charge in [0.05, 0.1) is 18.2 Å². The molecule has 6 nitrogen and oxygen atoms in total. The van der Waals surface area contributed by atoms with Crippen LogP contribution in [0.5, 0.6) is 0 Å². The number of halogens is 1. The monoisotopic (exact) mass is 405 g/mol. The number of H-pyrrole nitrogens is 1. The van der Waals surface area contributed by atoms with Crippen molar-refractivity contribution in [3.8, 4) is 11.3 Å². The topological polar surface area (TPSA) is 75.3 Å². The molecule has 3 rings (SSSR count). The van der Waals surface area contributed by atoms with Crippen molar-refractivity contribution in [2.75, 3.05) is 19.7 Å². The van der Waals surface area contributed by atoms with Crippen LogP contribution in [0.2, 0.25) is 0 Å². The van der Waals surface area contributed by atoms with Crippen LogP contribution in [0.15, 0.2) is 34.8 Å². The van der Waals surface area contributed by atoms with Gasteiger partial charge in [-0.1, -0.05) is 28.1 Å². The first kappa shape index (κ1) is 17.7. The molecule has 0 saturated carbocycles. The number of benzene rings is 1. The summed E-state index contributed by atoms with van der Waals surface area (Å²) in [6, 6.07) is 9.48. The summed E-state index contributed by atoms with van der Waals surface area (Å²) in [4.78, 5) is 26.4. The highest BCUT2D eigenvalue weighted by Gasteiger charge is 2.30. The Kier molecular flexibility index (Phi) is 5.53. The zero-order valence-electron chi connectivity index (χ0n) is 14.0. The molecule has 1 atom stereocenters. The summed E-state index contributed by atoms with van der Waals surface area (Å²) in [6.07, 6.45) is 1.55. The van der Waals surface area contributed by atoms with Gasteiger partial charge in [-0.15, -0.1) is 0 Å². The molecule has 2 heterocycles. The fraction of sp³-hybridized carbons (Fsp3) is 0.389. The number of aromatic nitrogens is 2. The van der Waals surface area contributed by atoms with Crippen LogP contribution in [-0.2, 0) is 9.53 Å². The van der Waals surface area contributed by atoms with E-state index in [0.717, 1.165) is 28.6 Å². The third kappa shape index (κ3) is 4.10. The molecule has 0 unspecified atom stereocenters. The SMILES string of the molecule is CCOC(=O)[C@H]1CCCN(C(=O)c2cc(-c3ccc(Br)cc3)n[nH]2)C1. The number of nitrogens with zero attached hydrogens (tertiary/aromatic N) is 2. The molecule has 1 fully saturated rings. The van der Waals surface area contributed by atoms with Crippen LogP contribution in [-0.4, -0.2) is 46.7 Å². The number of nitrogens with one attached hydrogen (secondary N) is 1. The second-order valence-corrected chi connectivity index (χ2v) is 6.93. The summed E-state index contributed by atoms with van der Waals surface area (Å²) in [7, 11) is 0. The average Bonchev–Trinajstić information content (AvgIpc) is 3.12. The Balaban J connectivity index is 1.70. The summed E-state index contributed by atoms with van der Waals surface area (Å²) in [6.45, 7) is 3.18. The molecule has 1 aromatic heterocycles. The quantitative estimate of drug-likeness (QED) is 0.791. The second-order valence-electron chi connectivity index (χ2n) is 6.02. The minimum Gasteiger partial charge on any atom is -0.466 e. The highest BCUT2D eigenvalue weighted by atomic mass is 79.9. The van der Waals surface area contributed by atoms with E-state index in [1.165, 1.54) is 0 Å². The first-order chi connectivity index (χ1) is 12.1. The fourth-order valence-corrected chi connectivity index (χ4v) is 3.25. The molecular weight excluding hydrogens is 386 g/mol. The van der Waals surface area contributed by atoms with E-state index in [1.54, 1.807) is 17.9 Å². The number of hydrogen-bond acceptors (Lipinski definition) is 4. The van der Waals surface area contributed by atoms with Gasteiger partial charge in [-0.2, -0.15) is 5.10 Å². The van der Waals surface area contributed by atoms with Gasteiger partial charge >= 0.3 is 5.97 Å². The molecule has 0 radical (unpaired) electrons. The molecule has 0 spiro atoms. The van der Waals surface area contributed by atoms with E-state index in [1.807, 2.05) is 24.3 Å². The van der Waals surface area contributed by atoms with Crippen molar-refractivity contribution in [2.45, 2.75) is 19.8 Å². The minimum absolute atomic E-state index is 0.134. The molecule has 1 aromatic carbocycles. The largest absolute Gasteiger partial charge is 0.466 e. The van der Waals surface area contributed by atoms with Crippen molar-refractivity contribution < 1.29 is 14.3 Å². The Labute approximate surface area is 154 Å². The molecule has 1 aliphatic heterocycles. The average molecular weight is 406 g/mol. The fourth-order valence-electron chi connectivity index (χ4n) is 2.98. The molecule has 0 bridgehead atoms. The van der Waals surface area contributed by atoms with Gasteiger partial charge in [-0.3, -0.25) is 14.7 Å². The number of ether oxygens (including phenoxy) is 1. The van der Waals surface area contributed by atoms with Crippen LogP contribution in [0, 0.1) is 5.92 Å². The van der Waals surface area contributed by atoms with Crippen molar-refractivity contribution >= 4 is 27.8 Å². The second kappa shape index (κ2) is 7.82.